The van der Waals surface area contributed by atoms with Crippen LogP contribution in [0.15, 0.2) is 79.4 Å². The molecule has 0 saturated carbocycles. The molecule has 7 nitrogen and oxygen atoms in total. The highest BCUT2D eigenvalue weighted by molar-refractivity contribution is 6.00. The van der Waals surface area contributed by atoms with Crippen molar-refractivity contribution in [3.05, 3.63) is 107 Å². The number of anilines is 1. The van der Waals surface area contributed by atoms with Crippen LogP contribution in [0.5, 0.6) is 0 Å². The summed E-state index contributed by atoms with van der Waals surface area (Å²) in [7, 11) is 0. The van der Waals surface area contributed by atoms with E-state index in [1.807, 2.05) is 93.6 Å². The van der Waals surface area contributed by atoms with E-state index in [4.69, 9.17) is 4.74 Å². The minimum atomic E-state index is -0.967. The summed E-state index contributed by atoms with van der Waals surface area (Å²) >= 11 is 0. The van der Waals surface area contributed by atoms with Gasteiger partial charge in [-0.25, -0.2) is 4.79 Å². The van der Waals surface area contributed by atoms with Gasteiger partial charge in [-0.05, 0) is 75.4 Å². The number of para-hydroxylation sites is 1. The molecule has 2 atom stereocenters. The molecule has 0 aliphatic carbocycles. The number of hydrogen-bond acceptors (Lipinski definition) is 4. The van der Waals surface area contributed by atoms with Crippen LogP contribution < -0.4 is 10.6 Å². The minimum Gasteiger partial charge on any atom is -0.444 e. The first kappa shape index (κ1) is 31.1. The van der Waals surface area contributed by atoms with E-state index in [1.54, 1.807) is 26.8 Å². The Hall–Kier alpha value is -4.39. The number of aryl methyl sites for hydroxylation is 2. The van der Waals surface area contributed by atoms with Crippen molar-refractivity contribution in [1.29, 1.82) is 0 Å². The molecule has 3 amide bonds. The molecule has 2 N–H and O–H groups in total. The molecule has 0 aromatic heterocycles. The Bertz CT molecular complexity index is 1360. The Morgan fingerprint density at radius 2 is 1.59 bits per heavy atom. The number of nitrogens with one attached hydrogen (secondary N) is 2. The van der Waals surface area contributed by atoms with Crippen LogP contribution in [0, 0.1) is 13.8 Å². The molecule has 0 saturated heterocycles. The predicted octanol–water partition coefficient (Wildman–Crippen LogP) is 6.61. The molecule has 0 aliphatic heterocycles. The smallest absolute Gasteiger partial charge is 0.408 e. The fourth-order valence-corrected chi connectivity index (χ4v) is 4.70. The third kappa shape index (κ3) is 8.55. The number of hydrogen-bond donors (Lipinski definition) is 2. The van der Waals surface area contributed by atoms with E-state index in [0.29, 0.717) is 11.3 Å². The molecule has 3 aromatic carbocycles. The highest BCUT2D eigenvalue weighted by Gasteiger charge is 2.36. The molecule has 0 radical (unpaired) electrons. The topological polar surface area (TPSA) is 87.7 Å². The van der Waals surface area contributed by atoms with Gasteiger partial charge in [0.15, 0.2) is 0 Å². The Morgan fingerprint density at radius 3 is 2.17 bits per heavy atom. The number of alkyl carbamates (subject to hydrolysis) is 1. The first-order valence-corrected chi connectivity index (χ1v) is 13.9. The lowest BCUT2D eigenvalue weighted by molar-refractivity contribution is -0.140. The Kier molecular flexibility index (Phi) is 10.5. The van der Waals surface area contributed by atoms with E-state index in [-0.39, 0.29) is 18.9 Å². The molecule has 0 spiro atoms. The highest BCUT2D eigenvalue weighted by Crippen LogP contribution is 2.28. The molecule has 3 rings (SSSR count). The van der Waals surface area contributed by atoms with E-state index in [1.165, 1.54) is 4.90 Å². The largest absolute Gasteiger partial charge is 0.444 e. The van der Waals surface area contributed by atoms with Crippen molar-refractivity contribution in [1.82, 2.24) is 10.2 Å². The zero-order chi connectivity index (χ0) is 30.2. The molecule has 0 heterocycles. The van der Waals surface area contributed by atoms with Gasteiger partial charge in [0.1, 0.15) is 17.7 Å². The normalized spacial score (nSPS) is 12.5. The van der Waals surface area contributed by atoms with Gasteiger partial charge in [0.2, 0.25) is 5.91 Å². The van der Waals surface area contributed by atoms with E-state index < -0.39 is 29.7 Å². The van der Waals surface area contributed by atoms with Crippen molar-refractivity contribution in [2.45, 2.75) is 65.6 Å². The summed E-state index contributed by atoms with van der Waals surface area (Å²) < 4.78 is 5.49. The molecule has 0 aliphatic rings. The Morgan fingerprint density at radius 1 is 0.951 bits per heavy atom. The second-order valence-electron chi connectivity index (χ2n) is 11.0. The zero-order valence-corrected chi connectivity index (χ0v) is 24.9. The fourth-order valence-electron chi connectivity index (χ4n) is 4.70. The SMILES string of the molecule is C=Cc1cccc(C(C(=O)Nc2c(C)cccc2C)N(CC)C(=O)C(Cc2ccccc2)NC(=O)OC(C)(C)C)c1. The van der Waals surface area contributed by atoms with E-state index in [0.717, 1.165) is 22.3 Å². The van der Waals surface area contributed by atoms with Gasteiger partial charge in [-0.3, -0.25) is 9.59 Å². The number of nitrogens with zero attached hydrogens (tertiary/aromatic N) is 1. The monoisotopic (exact) mass is 555 g/mol. The number of carbonyl (C=O) groups is 3. The maximum absolute atomic E-state index is 14.3. The molecule has 0 fully saturated rings. The number of benzene rings is 3. The first-order chi connectivity index (χ1) is 19.4. The van der Waals surface area contributed by atoms with Gasteiger partial charge in [0.05, 0.1) is 0 Å². The lowest BCUT2D eigenvalue weighted by atomic mass is 9.98. The van der Waals surface area contributed by atoms with Gasteiger partial charge >= 0.3 is 6.09 Å². The van der Waals surface area contributed by atoms with E-state index in [2.05, 4.69) is 17.2 Å². The summed E-state index contributed by atoms with van der Waals surface area (Å²) in [6.45, 7) is 15.1. The molecular weight excluding hydrogens is 514 g/mol. The lowest BCUT2D eigenvalue weighted by Crippen LogP contribution is -2.53. The van der Waals surface area contributed by atoms with Crippen LogP contribution >= 0.6 is 0 Å². The quantitative estimate of drug-likeness (QED) is 0.295. The maximum atomic E-state index is 14.3. The summed E-state index contributed by atoms with van der Waals surface area (Å²) in [6.07, 6.45) is 1.23. The van der Waals surface area contributed by atoms with Gasteiger partial charge in [-0.1, -0.05) is 79.4 Å². The van der Waals surface area contributed by atoms with Crippen molar-refractivity contribution >= 4 is 29.7 Å². The summed E-state index contributed by atoms with van der Waals surface area (Å²) in [5.41, 5.74) is 4.12. The molecule has 216 valence electrons. The van der Waals surface area contributed by atoms with Gasteiger partial charge in [0.25, 0.3) is 5.91 Å². The molecular formula is C34H41N3O4. The number of amides is 3. The van der Waals surface area contributed by atoms with Crippen LogP contribution in [0.3, 0.4) is 0 Å². The summed E-state index contributed by atoms with van der Waals surface area (Å²) in [4.78, 5) is 42.7. The van der Waals surface area contributed by atoms with Crippen LogP contribution in [0.2, 0.25) is 0 Å². The van der Waals surface area contributed by atoms with Gasteiger partial charge < -0.3 is 20.3 Å². The number of rotatable bonds is 10. The second-order valence-corrected chi connectivity index (χ2v) is 11.0. The number of ether oxygens (including phenoxy) is 1. The third-order valence-electron chi connectivity index (χ3n) is 6.65. The van der Waals surface area contributed by atoms with Crippen molar-refractivity contribution in [3.8, 4) is 0 Å². The van der Waals surface area contributed by atoms with Gasteiger partial charge in [-0.2, -0.15) is 0 Å². The van der Waals surface area contributed by atoms with Crippen molar-refractivity contribution in [3.63, 3.8) is 0 Å². The highest BCUT2D eigenvalue weighted by atomic mass is 16.6. The van der Waals surface area contributed by atoms with Crippen LogP contribution in [-0.2, 0) is 20.7 Å². The minimum absolute atomic E-state index is 0.225. The maximum Gasteiger partial charge on any atom is 0.408 e. The third-order valence-corrected chi connectivity index (χ3v) is 6.65. The van der Waals surface area contributed by atoms with Crippen LogP contribution in [0.1, 0.15) is 61.6 Å². The van der Waals surface area contributed by atoms with Gasteiger partial charge in [-0.15, -0.1) is 0 Å². The Labute approximate surface area is 243 Å². The average Bonchev–Trinajstić information content (AvgIpc) is 2.92. The van der Waals surface area contributed by atoms with Crippen molar-refractivity contribution < 1.29 is 19.1 Å². The standard InChI is InChI=1S/C34H41N3O4/c1-8-25-19-14-20-27(21-25)30(31(38)36-29-23(3)15-13-16-24(29)4)37(9-2)32(39)28(22-26-17-11-10-12-18-26)35-33(40)41-34(5,6)7/h8,10-21,28,30H,1,9,22H2,2-7H3,(H,35,40)(H,36,38). The predicted molar refractivity (Wildman–Crippen MR) is 165 cm³/mol. The second kappa shape index (κ2) is 13.8. The van der Waals surface area contributed by atoms with E-state index >= 15 is 0 Å². The first-order valence-electron chi connectivity index (χ1n) is 13.9. The van der Waals surface area contributed by atoms with Crippen molar-refractivity contribution in [2.24, 2.45) is 0 Å². The average molecular weight is 556 g/mol. The van der Waals surface area contributed by atoms with Gasteiger partial charge in [0, 0.05) is 18.7 Å². The fraction of sp³-hybridized carbons (Fsp3) is 0.324. The van der Waals surface area contributed by atoms with Crippen LogP contribution in [0.4, 0.5) is 10.5 Å². The summed E-state index contributed by atoms with van der Waals surface area (Å²) in [5, 5.41) is 5.85. The summed E-state index contributed by atoms with van der Waals surface area (Å²) in [6, 6.07) is 20.7. The molecule has 7 heteroatoms. The lowest BCUT2D eigenvalue weighted by Gasteiger charge is -2.34. The molecule has 3 aromatic rings. The molecule has 2 unspecified atom stereocenters. The zero-order valence-electron chi connectivity index (χ0n) is 24.9. The van der Waals surface area contributed by atoms with Crippen LogP contribution in [-0.4, -0.2) is 41.0 Å². The van der Waals surface area contributed by atoms with Crippen molar-refractivity contribution in [2.75, 3.05) is 11.9 Å². The van der Waals surface area contributed by atoms with E-state index in [9.17, 15) is 14.4 Å². The molecule has 41 heavy (non-hydrogen) atoms. The summed E-state index contributed by atoms with van der Waals surface area (Å²) in [5.74, 6) is -0.748. The van der Waals surface area contributed by atoms with Crippen LogP contribution in [0.25, 0.3) is 6.08 Å². The number of likely N-dealkylation sites (N-methyl/N-ethyl adjacent to an activating group) is 1. The molecule has 0 bridgehead atoms. The Balaban J connectivity index is 2.05. The number of carbonyl (C=O) groups excluding carboxylic acids is 3.